The topological polar surface area (TPSA) is 25.8 Å². The van der Waals surface area contributed by atoms with Gasteiger partial charge in [-0.15, -0.1) is 22.7 Å². The van der Waals surface area contributed by atoms with E-state index in [0.717, 1.165) is 20.9 Å². The number of hydrogen-bond acceptors (Lipinski definition) is 4. The Morgan fingerprint density at radius 2 is 1.86 bits per heavy atom. The zero-order valence-corrected chi connectivity index (χ0v) is 13.0. The van der Waals surface area contributed by atoms with Crippen LogP contribution in [0.1, 0.15) is 5.56 Å². The molecule has 0 bridgehead atoms. The average Bonchev–Trinajstić information content (AvgIpc) is 3.17. The predicted molar refractivity (Wildman–Crippen MR) is 90.9 cm³/mol. The molecular weight excluding hydrogens is 296 g/mol. The van der Waals surface area contributed by atoms with Crippen molar-refractivity contribution in [2.75, 3.05) is 0 Å². The lowest BCUT2D eigenvalue weighted by Gasteiger charge is -2.01. The second-order valence-corrected chi connectivity index (χ2v) is 6.71. The molecule has 4 rings (SSSR count). The minimum atomic E-state index is 0.815. The fraction of sp³-hybridized carbons (Fsp3) is 0.0588. The molecule has 0 aliphatic heterocycles. The molecule has 0 radical (unpaired) electrons. The molecule has 0 saturated heterocycles. The Labute approximate surface area is 130 Å². The Morgan fingerprint density at radius 3 is 2.62 bits per heavy atom. The van der Waals surface area contributed by atoms with Gasteiger partial charge in [0.2, 0.25) is 0 Å². The van der Waals surface area contributed by atoms with Crippen LogP contribution in [0.5, 0.6) is 0 Å². The van der Waals surface area contributed by atoms with Gasteiger partial charge in [0, 0.05) is 22.5 Å². The predicted octanol–water partition coefficient (Wildman–Crippen LogP) is 5.40. The van der Waals surface area contributed by atoms with Crippen molar-refractivity contribution in [3.05, 3.63) is 58.9 Å². The van der Waals surface area contributed by atoms with Crippen molar-refractivity contribution in [1.29, 1.82) is 0 Å². The summed E-state index contributed by atoms with van der Waals surface area (Å²) in [6, 6.07) is 12.7. The summed E-state index contributed by atoms with van der Waals surface area (Å²) in [7, 11) is 0. The van der Waals surface area contributed by atoms with Crippen molar-refractivity contribution in [1.82, 2.24) is 9.97 Å². The Bertz CT molecular complexity index is 890. The third kappa shape index (κ3) is 2.26. The van der Waals surface area contributed by atoms with E-state index in [0.29, 0.717) is 0 Å². The normalized spacial score (nSPS) is 11.1. The van der Waals surface area contributed by atoms with Gasteiger partial charge in [0.15, 0.2) is 5.82 Å². The molecule has 4 aromatic rings. The van der Waals surface area contributed by atoms with Gasteiger partial charge < -0.3 is 0 Å². The highest BCUT2D eigenvalue weighted by molar-refractivity contribution is 7.17. The summed E-state index contributed by atoms with van der Waals surface area (Å²) < 4.78 is 0. The summed E-state index contributed by atoms with van der Waals surface area (Å²) in [5.41, 5.74) is 3.71. The van der Waals surface area contributed by atoms with Crippen LogP contribution in [0, 0.1) is 6.92 Å². The van der Waals surface area contributed by atoms with E-state index >= 15 is 0 Å². The molecule has 0 N–H and O–H groups in total. The molecule has 3 heterocycles. The van der Waals surface area contributed by atoms with Crippen LogP contribution in [0.3, 0.4) is 0 Å². The first-order valence-corrected chi connectivity index (χ1v) is 8.42. The fourth-order valence-electron chi connectivity index (χ4n) is 2.30. The van der Waals surface area contributed by atoms with Gasteiger partial charge in [-0.1, -0.05) is 35.9 Å². The molecule has 3 aromatic heterocycles. The highest BCUT2D eigenvalue weighted by Crippen LogP contribution is 2.34. The molecule has 1 aromatic carbocycles. The molecule has 0 fully saturated rings. The van der Waals surface area contributed by atoms with E-state index in [4.69, 9.17) is 4.98 Å². The van der Waals surface area contributed by atoms with Crippen molar-refractivity contribution in [2.24, 2.45) is 0 Å². The van der Waals surface area contributed by atoms with Crippen molar-refractivity contribution in [2.45, 2.75) is 6.92 Å². The molecule has 21 heavy (non-hydrogen) atoms. The quantitative estimate of drug-likeness (QED) is 0.496. The Hall–Kier alpha value is -2.04. The number of thiophene rings is 2. The van der Waals surface area contributed by atoms with Crippen molar-refractivity contribution in [3.8, 4) is 21.8 Å². The van der Waals surface area contributed by atoms with Gasteiger partial charge in [0.1, 0.15) is 4.83 Å². The zero-order valence-electron chi connectivity index (χ0n) is 11.4. The Kier molecular flexibility index (Phi) is 3.05. The minimum Gasteiger partial charge on any atom is -0.235 e. The summed E-state index contributed by atoms with van der Waals surface area (Å²) in [5, 5.41) is 5.35. The third-order valence-corrected chi connectivity index (χ3v) is 5.19. The van der Waals surface area contributed by atoms with E-state index < -0.39 is 0 Å². The molecule has 102 valence electrons. The van der Waals surface area contributed by atoms with Gasteiger partial charge in [-0.3, -0.25) is 0 Å². The number of aryl methyl sites for hydroxylation is 1. The van der Waals surface area contributed by atoms with Crippen LogP contribution >= 0.6 is 22.7 Å². The van der Waals surface area contributed by atoms with Crippen molar-refractivity contribution >= 4 is 32.9 Å². The van der Waals surface area contributed by atoms with E-state index in [-0.39, 0.29) is 0 Å². The summed E-state index contributed by atoms with van der Waals surface area (Å²) in [5.74, 6) is 0.815. The maximum absolute atomic E-state index is 4.70. The van der Waals surface area contributed by atoms with Gasteiger partial charge in [-0.25, -0.2) is 9.97 Å². The molecule has 0 amide bonds. The van der Waals surface area contributed by atoms with E-state index in [1.54, 1.807) is 22.7 Å². The smallest absolute Gasteiger partial charge is 0.170 e. The summed E-state index contributed by atoms with van der Waals surface area (Å²) in [4.78, 5) is 11.4. The first-order chi connectivity index (χ1) is 10.3. The Balaban J connectivity index is 1.84. The van der Waals surface area contributed by atoms with Crippen LogP contribution in [-0.2, 0) is 0 Å². The molecule has 0 saturated carbocycles. The standard InChI is InChI=1S/C17H12N2S2/c1-11-4-6-12(7-5-11)14-10-21-17-13(14)9-18-16(19-17)15-3-2-8-20-15/h2-10H,1H3. The van der Waals surface area contributed by atoms with Gasteiger partial charge in [-0.2, -0.15) is 0 Å². The Morgan fingerprint density at radius 1 is 1.00 bits per heavy atom. The number of rotatable bonds is 2. The maximum atomic E-state index is 4.70. The zero-order chi connectivity index (χ0) is 14.2. The van der Waals surface area contributed by atoms with Gasteiger partial charge >= 0.3 is 0 Å². The lowest BCUT2D eigenvalue weighted by Crippen LogP contribution is -1.85. The first-order valence-electron chi connectivity index (χ1n) is 6.66. The lowest BCUT2D eigenvalue weighted by atomic mass is 10.1. The van der Waals surface area contributed by atoms with Crippen LogP contribution in [-0.4, -0.2) is 9.97 Å². The summed E-state index contributed by atoms with van der Waals surface area (Å²) in [6.45, 7) is 2.10. The van der Waals surface area contributed by atoms with E-state index in [1.807, 2.05) is 12.3 Å². The highest BCUT2D eigenvalue weighted by Gasteiger charge is 2.10. The number of hydrogen-bond donors (Lipinski definition) is 0. The van der Waals surface area contributed by atoms with Crippen LogP contribution in [0.4, 0.5) is 0 Å². The largest absolute Gasteiger partial charge is 0.235 e. The molecule has 0 atom stereocenters. The minimum absolute atomic E-state index is 0.815. The number of fused-ring (bicyclic) bond motifs is 1. The SMILES string of the molecule is Cc1ccc(-c2csc3nc(-c4cccs4)ncc23)cc1. The molecular formula is C17H12N2S2. The van der Waals surface area contributed by atoms with E-state index in [1.165, 1.54) is 16.7 Å². The van der Waals surface area contributed by atoms with Crippen LogP contribution in [0.2, 0.25) is 0 Å². The highest BCUT2D eigenvalue weighted by atomic mass is 32.1. The monoisotopic (exact) mass is 308 g/mol. The molecule has 0 unspecified atom stereocenters. The summed E-state index contributed by atoms with van der Waals surface area (Å²) >= 11 is 3.35. The van der Waals surface area contributed by atoms with Crippen LogP contribution in [0.15, 0.2) is 53.4 Å². The molecule has 0 aliphatic carbocycles. The molecule has 0 aliphatic rings. The van der Waals surface area contributed by atoms with Gasteiger partial charge in [-0.05, 0) is 23.9 Å². The second kappa shape index (κ2) is 5.06. The first kappa shape index (κ1) is 12.7. The molecule has 4 heteroatoms. The number of aromatic nitrogens is 2. The summed E-state index contributed by atoms with van der Waals surface area (Å²) in [6.07, 6.45) is 1.95. The number of nitrogens with zero attached hydrogens (tertiary/aromatic N) is 2. The third-order valence-electron chi connectivity index (χ3n) is 3.44. The number of benzene rings is 1. The van der Waals surface area contributed by atoms with Gasteiger partial charge in [0.25, 0.3) is 0 Å². The van der Waals surface area contributed by atoms with Crippen molar-refractivity contribution < 1.29 is 0 Å². The fourth-order valence-corrected chi connectivity index (χ4v) is 3.89. The van der Waals surface area contributed by atoms with Crippen LogP contribution in [0.25, 0.3) is 32.0 Å². The lowest BCUT2D eigenvalue weighted by molar-refractivity contribution is 1.25. The maximum Gasteiger partial charge on any atom is 0.170 e. The molecule has 0 spiro atoms. The second-order valence-electron chi connectivity index (χ2n) is 4.91. The molecule has 2 nitrogen and oxygen atoms in total. The van der Waals surface area contributed by atoms with E-state index in [9.17, 15) is 0 Å². The van der Waals surface area contributed by atoms with Crippen molar-refractivity contribution in [3.63, 3.8) is 0 Å². The van der Waals surface area contributed by atoms with Gasteiger partial charge in [0.05, 0.1) is 4.88 Å². The van der Waals surface area contributed by atoms with Crippen LogP contribution < -0.4 is 0 Å². The average molecular weight is 308 g/mol. The van der Waals surface area contributed by atoms with E-state index in [2.05, 4.69) is 53.0 Å².